The summed E-state index contributed by atoms with van der Waals surface area (Å²) in [5, 5.41) is 35.0. The zero-order chi connectivity index (χ0) is 22.4. The van der Waals surface area contributed by atoms with E-state index in [-0.39, 0.29) is 35.4 Å². The third-order valence-corrected chi connectivity index (χ3v) is 3.83. The molecule has 2 N–H and O–H groups in total. The topological polar surface area (TPSA) is 175 Å². The quantitative estimate of drug-likeness (QED) is 0.307. The minimum atomic E-state index is -0.756. The van der Waals surface area contributed by atoms with Crippen LogP contribution in [0.3, 0.4) is 0 Å². The van der Waals surface area contributed by atoms with Crippen molar-refractivity contribution in [2.24, 2.45) is 0 Å². The molecule has 0 aliphatic rings. The van der Waals surface area contributed by atoms with Crippen LogP contribution in [-0.4, -0.2) is 37.6 Å². The van der Waals surface area contributed by atoms with E-state index in [1.807, 2.05) is 0 Å². The molecule has 0 radical (unpaired) electrons. The number of non-ortho nitro benzene ring substituents is 2. The van der Waals surface area contributed by atoms with Crippen molar-refractivity contribution in [3.8, 4) is 0 Å². The van der Waals surface area contributed by atoms with Crippen molar-refractivity contribution in [1.82, 2.24) is 15.2 Å². The largest absolute Gasteiger partial charge is 0.461 e. The van der Waals surface area contributed by atoms with Crippen LogP contribution in [-0.2, 0) is 4.74 Å². The van der Waals surface area contributed by atoms with Crippen molar-refractivity contribution >= 4 is 40.5 Å². The van der Waals surface area contributed by atoms with Crippen LogP contribution < -0.4 is 10.6 Å². The first-order valence-electron chi connectivity index (χ1n) is 8.82. The SMILES string of the molecule is CCOC(=O)c1nnc(Nc2ccc([N+](=O)[O-])cc2)nc1Nc1ccc([N+](=O)[O-])cc1. The average Bonchev–Trinajstić information content (AvgIpc) is 2.75. The number of nitro groups is 2. The summed E-state index contributed by atoms with van der Waals surface area (Å²) < 4.78 is 4.96. The van der Waals surface area contributed by atoms with Gasteiger partial charge >= 0.3 is 5.97 Å². The molecule has 0 spiro atoms. The third-order valence-electron chi connectivity index (χ3n) is 3.83. The molecule has 0 unspecified atom stereocenters. The molecule has 1 heterocycles. The smallest absolute Gasteiger partial charge is 0.362 e. The number of benzene rings is 2. The molecule has 13 heteroatoms. The van der Waals surface area contributed by atoms with Crippen LogP contribution in [0.2, 0.25) is 0 Å². The molecule has 0 aliphatic heterocycles. The number of rotatable bonds is 8. The molecule has 3 rings (SSSR count). The summed E-state index contributed by atoms with van der Waals surface area (Å²) in [6.45, 7) is 1.74. The number of nitro benzene ring substituents is 2. The Morgan fingerprint density at radius 2 is 1.42 bits per heavy atom. The lowest BCUT2D eigenvalue weighted by Gasteiger charge is -2.11. The van der Waals surface area contributed by atoms with Gasteiger partial charge < -0.3 is 15.4 Å². The van der Waals surface area contributed by atoms with Crippen LogP contribution in [0.5, 0.6) is 0 Å². The number of esters is 1. The zero-order valence-corrected chi connectivity index (χ0v) is 16.0. The van der Waals surface area contributed by atoms with E-state index in [0.717, 1.165) is 0 Å². The maximum atomic E-state index is 12.2. The molecule has 0 bridgehead atoms. The molecule has 0 atom stereocenters. The molecule has 0 amide bonds. The summed E-state index contributed by atoms with van der Waals surface area (Å²) in [6.07, 6.45) is 0. The second-order valence-corrected chi connectivity index (χ2v) is 5.91. The highest BCUT2D eigenvalue weighted by Gasteiger charge is 2.19. The van der Waals surface area contributed by atoms with Crippen molar-refractivity contribution in [2.45, 2.75) is 6.92 Å². The van der Waals surface area contributed by atoms with Crippen molar-refractivity contribution in [3.05, 3.63) is 74.5 Å². The van der Waals surface area contributed by atoms with Crippen LogP contribution in [0.1, 0.15) is 17.4 Å². The average molecular weight is 425 g/mol. The van der Waals surface area contributed by atoms with Crippen molar-refractivity contribution in [3.63, 3.8) is 0 Å². The van der Waals surface area contributed by atoms with E-state index < -0.39 is 15.8 Å². The monoisotopic (exact) mass is 425 g/mol. The number of nitrogens with one attached hydrogen (secondary N) is 2. The van der Waals surface area contributed by atoms with Gasteiger partial charge in [0.15, 0.2) is 5.82 Å². The number of carbonyl (C=O) groups is 1. The molecule has 158 valence electrons. The lowest BCUT2D eigenvalue weighted by atomic mass is 10.3. The molecule has 13 nitrogen and oxygen atoms in total. The van der Waals surface area contributed by atoms with Gasteiger partial charge in [-0.15, -0.1) is 10.2 Å². The standard InChI is InChI=1S/C18H15N7O6/c1-2-31-17(26)15-16(19-11-3-7-13(8-4-11)24(27)28)21-18(23-22-15)20-12-5-9-14(10-6-12)25(29)30/h3-10H,2H2,1H3,(H2,19,20,21,23). The second-order valence-electron chi connectivity index (χ2n) is 5.91. The fourth-order valence-corrected chi connectivity index (χ4v) is 2.40. The van der Waals surface area contributed by atoms with Crippen LogP contribution in [0.4, 0.5) is 34.5 Å². The fourth-order valence-electron chi connectivity index (χ4n) is 2.40. The number of aromatic nitrogens is 3. The molecule has 0 saturated carbocycles. The Morgan fingerprint density at radius 1 is 0.903 bits per heavy atom. The predicted octanol–water partition coefficient (Wildman–Crippen LogP) is 3.35. The Morgan fingerprint density at radius 3 is 1.90 bits per heavy atom. The van der Waals surface area contributed by atoms with Gasteiger partial charge in [-0.2, -0.15) is 4.98 Å². The zero-order valence-electron chi connectivity index (χ0n) is 16.0. The van der Waals surface area contributed by atoms with Gasteiger partial charge in [0.1, 0.15) is 0 Å². The van der Waals surface area contributed by atoms with Crippen molar-refractivity contribution < 1.29 is 19.4 Å². The van der Waals surface area contributed by atoms with Gasteiger partial charge in [-0.05, 0) is 31.2 Å². The molecule has 31 heavy (non-hydrogen) atoms. The normalized spacial score (nSPS) is 10.2. The van der Waals surface area contributed by atoms with E-state index in [9.17, 15) is 25.0 Å². The summed E-state index contributed by atoms with van der Waals surface area (Å²) in [6, 6.07) is 11.0. The number of hydrogen-bond donors (Lipinski definition) is 2. The van der Waals surface area contributed by atoms with E-state index in [4.69, 9.17) is 4.74 Å². The van der Waals surface area contributed by atoms with Crippen LogP contribution >= 0.6 is 0 Å². The Kier molecular flexibility index (Phi) is 6.25. The Labute approximate surface area is 174 Å². The van der Waals surface area contributed by atoms with Gasteiger partial charge in [-0.25, -0.2) is 4.79 Å². The molecule has 0 fully saturated rings. The number of hydrogen-bond acceptors (Lipinski definition) is 11. The summed E-state index contributed by atoms with van der Waals surface area (Å²) in [5.41, 5.74) is 0.505. The van der Waals surface area contributed by atoms with E-state index >= 15 is 0 Å². The van der Waals surface area contributed by atoms with Gasteiger partial charge in [0.25, 0.3) is 11.4 Å². The number of anilines is 4. The first-order chi connectivity index (χ1) is 14.9. The highest BCUT2D eigenvalue weighted by Crippen LogP contribution is 2.23. The minimum Gasteiger partial charge on any atom is -0.461 e. The van der Waals surface area contributed by atoms with Gasteiger partial charge in [-0.1, -0.05) is 0 Å². The third kappa shape index (κ3) is 5.23. The van der Waals surface area contributed by atoms with Crippen LogP contribution in [0, 0.1) is 20.2 Å². The fraction of sp³-hybridized carbons (Fsp3) is 0.111. The summed E-state index contributed by atoms with van der Waals surface area (Å²) in [7, 11) is 0. The lowest BCUT2D eigenvalue weighted by molar-refractivity contribution is -0.385. The number of nitrogens with zero attached hydrogens (tertiary/aromatic N) is 5. The summed E-state index contributed by atoms with van der Waals surface area (Å²) in [4.78, 5) is 36.9. The molecule has 0 aliphatic carbocycles. The Bertz CT molecular complexity index is 1120. The van der Waals surface area contributed by atoms with Crippen LogP contribution in [0.25, 0.3) is 0 Å². The Balaban J connectivity index is 1.89. The summed E-state index contributed by atoms with van der Waals surface area (Å²) >= 11 is 0. The minimum absolute atomic E-state index is 0.00585. The van der Waals surface area contributed by atoms with Gasteiger partial charge in [0.05, 0.1) is 16.5 Å². The highest BCUT2D eigenvalue weighted by molar-refractivity contribution is 5.93. The number of carbonyl (C=O) groups excluding carboxylic acids is 1. The Hall–Kier alpha value is -4.68. The maximum Gasteiger partial charge on any atom is 0.362 e. The van der Waals surface area contributed by atoms with Crippen molar-refractivity contribution in [1.29, 1.82) is 0 Å². The maximum absolute atomic E-state index is 12.2. The van der Waals surface area contributed by atoms with Gasteiger partial charge in [0.2, 0.25) is 11.6 Å². The van der Waals surface area contributed by atoms with E-state index in [1.54, 1.807) is 6.92 Å². The number of ether oxygens (including phenoxy) is 1. The molecule has 0 saturated heterocycles. The molecule has 1 aromatic heterocycles. The molecule has 2 aromatic carbocycles. The predicted molar refractivity (Wildman–Crippen MR) is 109 cm³/mol. The molecular weight excluding hydrogens is 410 g/mol. The van der Waals surface area contributed by atoms with Crippen LogP contribution in [0.15, 0.2) is 48.5 Å². The lowest BCUT2D eigenvalue weighted by Crippen LogP contribution is -2.14. The molecule has 3 aromatic rings. The second kappa shape index (κ2) is 9.21. The first kappa shape index (κ1) is 21.0. The van der Waals surface area contributed by atoms with Gasteiger partial charge in [0, 0.05) is 35.6 Å². The van der Waals surface area contributed by atoms with E-state index in [2.05, 4.69) is 25.8 Å². The first-order valence-corrected chi connectivity index (χ1v) is 8.82. The van der Waals surface area contributed by atoms with Gasteiger partial charge in [-0.3, -0.25) is 20.2 Å². The van der Waals surface area contributed by atoms with Crippen molar-refractivity contribution in [2.75, 3.05) is 17.2 Å². The highest BCUT2D eigenvalue weighted by atomic mass is 16.6. The van der Waals surface area contributed by atoms with E-state index in [1.165, 1.54) is 48.5 Å². The summed E-state index contributed by atoms with van der Waals surface area (Å²) in [5.74, 6) is -0.744. The van der Waals surface area contributed by atoms with E-state index in [0.29, 0.717) is 11.4 Å². The molecular formula is C18H15N7O6.